The summed E-state index contributed by atoms with van der Waals surface area (Å²) < 4.78 is 10.3. The SMILES string of the molecule is C#CCOCCOCCNC(=O)[C@H](CSc1c([N+](=O)[O-])cccc1[N+](=O)[O-])Nc1c([N+](=O)[O-])cccc1[N+](=O)[O-]. The minimum atomic E-state index is -1.47. The number of ether oxygens (including phenoxy) is 2. The van der Waals surface area contributed by atoms with Crippen LogP contribution in [0.25, 0.3) is 0 Å². The Kier molecular flexibility index (Phi) is 12.2. The molecule has 1 amide bonds. The highest BCUT2D eigenvalue weighted by molar-refractivity contribution is 7.99. The zero-order chi connectivity index (χ0) is 29.7. The third-order valence-electron chi connectivity index (χ3n) is 4.91. The maximum atomic E-state index is 13.0. The van der Waals surface area contributed by atoms with Gasteiger partial charge in [-0.15, -0.1) is 18.2 Å². The summed E-state index contributed by atoms with van der Waals surface area (Å²) in [6.07, 6.45) is 5.06. The van der Waals surface area contributed by atoms with Crippen LogP contribution in [0.2, 0.25) is 0 Å². The van der Waals surface area contributed by atoms with Crippen molar-refractivity contribution in [3.63, 3.8) is 0 Å². The molecular formula is C22H22N6O11S. The van der Waals surface area contributed by atoms with Gasteiger partial charge in [0.1, 0.15) is 12.6 Å². The van der Waals surface area contributed by atoms with E-state index in [9.17, 15) is 45.3 Å². The molecule has 0 heterocycles. The van der Waals surface area contributed by atoms with E-state index in [1.165, 1.54) is 0 Å². The third-order valence-corrected chi connectivity index (χ3v) is 6.12. The van der Waals surface area contributed by atoms with Gasteiger partial charge in [0.25, 0.3) is 22.7 Å². The highest BCUT2D eigenvalue weighted by Gasteiger charge is 2.32. The molecule has 0 unspecified atom stereocenters. The molecule has 2 rings (SSSR count). The molecule has 2 aromatic rings. The lowest BCUT2D eigenvalue weighted by Crippen LogP contribution is -2.42. The van der Waals surface area contributed by atoms with Crippen molar-refractivity contribution in [1.29, 1.82) is 0 Å². The van der Waals surface area contributed by atoms with Crippen LogP contribution in [0.5, 0.6) is 0 Å². The number of para-hydroxylation sites is 1. The van der Waals surface area contributed by atoms with E-state index in [0.717, 1.165) is 36.4 Å². The lowest BCUT2D eigenvalue weighted by atomic mass is 10.2. The van der Waals surface area contributed by atoms with Crippen molar-refractivity contribution in [2.45, 2.75) is 10.9 Å². The summed E-state index contributed by atoms with van der Waals surface area (Å²) in [5, 5.41) is 51.1. The molecule has 0 spiro atoms. The van der Waals surface area contributed by atoms with Crippen LogP contribution in [0.1, 0.15) is 0 Å². The molecule has 212 valence electrons. The molecule has 40 heavy (non-hydrogen) atoms. The number of terminal acetylenes is 1. The van der Waals surface area contributed by atoms with E-state index in [-0.39, 0.29) is 37.9 Å². The summed E-state index contributed by atoms with van der Waals surface area (Å²) in [5.41, 5.74) is -3.20. The maximum absolute atomic E-state index is 13.0. The predicted molar refractivity (Wildman–Crippen MR) is 141 cm³/mol. The number of hydrogen-bond donors (Lipinski definition) is 2. The van der Waals surface area contributed by atoms with Crippen molar-refractivity contribution in [2.75, 3.05) is 44.0 Å². The second-order valence-corrected chi connectivity index (χ2v) is 8.52. The molecule has 0 aliphatic carbocycles. The topological polar surface area (TPSA) is 232 Å². The first-order valence-electron chi connectivity index (χ1n) is 11.2. The third kappa shape index (κ3) is 8.87. The number of anilines is 1. The molecule has 0 bridgehead atoms. The van der Waals surface area contributed by atoms with E-state index in [0.29, 0.717) is 11.8 Å². The van der Waals surface area contributed by atoms with Crippen molar-refractivity contribution in [3.8, 4) is 12.3 Å². The average molecular weight is 579 g/mol. The van der Waals surface area contributed by atoms with Crippen LogP contribution in [0, 0.1) is 52.8 Å². The Morgan fingerprint density at radius 3 is 1.85 bits per heavy atom. The van der Waals surface area contributed by atoms with Crippen LogP contribution in [0.4, 0.5) is 28.4 Å². The molecule has 0 fully saturated rings. The number of carbonyl (C=O) groups excluding carboxylic acids is 1. The number of rotatable bonds is 17. The molecule has 0 aliphatic rings. The van der Waals surface area contributed by atoms with Crippen molar-refractivity contribution in [1.82, 2.24) is 5.32 Å². The van der Waals surface area contributed by atoms with E-state index >= 15 is 0 Å². The number of benzene rings is 2. The normalized spacial score (nSPS) is 11.2. The van der Waals surface area contributed by atoms with Gasteiger partial charge in [-0.2, -0.15) is 0 Å². The number of nitro groups is 4. The van der Waals surface area contributed by atoms with E-state index < -0.39 is 65.8 Å². The quantitative estimate of drug-likeness (QED) is 0.0904. The lowest BCUT2D eigenvalue weighted by Gasteiger charge is -2.19. The summed E-state index contributed by atoms with van der Waals surface area (Å²) in [7, 11) is 0. The molecule has 0 aromatic heterocycles. The van der Waals surface area contributed by atoms with Crippen LogP contribution >= 0.6 is 11.8 Å². The summed E-state index contributed by atoms with van der Waals surface area (Å²) in [4.78, 5) is 55.3. The van der Waals surface area contributed by atoms with Gasteiger partial charge >= 0.3 is 0 Å². The van der Waals surface area contributed by atoms with Gasteiger partial charge in [0, 0.05) is 36.6 Å². The Bertz CT molecular complexity index is 1250. The van der Waals surface area contributed by atoms with Crippen LogP contribution < -0.4 is 10.6 Å². The van der Waals surface area contributed by atoms with E-state index in [4.69, 9.17) is 15.9 Å². The fraction of sp³-hybridized carbons (Fsp3) is 0.318. The number of thioether (sulfide) groups is 1. The molecular weight excluding hydrogens is 556 g/mol. The fourth-order valence-corrected chi connectivity index (χ4v) is 4.32. The molecule has 2 aromatic carbocycles. The van der Waals surface area contributed by atoms with Gasteiger partial charge in [-0.05, 0) is 12.1 Å². The van der Waals surface area contributed by atoms with Crippen molar-refractivity contribution < 1.29 is 34.0 Å². The Balaban J connectivity index is 2.32. The predicted octanol–water partition coefficient (Wildman–Crippen LogP) is 2.67. The van der Waals surface area contributed by atoms with Crippen molar-refractivity contribution in [3.05, 3.63) is 76.9 Å². The van der Waals surface area contributed by atoms with Gasteiger partial charge in [-0.1, -0.05) is 5.92 Å². The summed E-state index contributed by atoms with van der Waals surface area (Å²) >= 11 is 0.559. The number of nitrogens with zero attached hydrogens (tertiary/aromatic N) is 4. The average Bonchev–Trinajstić information content (AvgIpc) is 2.91. The van der Waals surface area contributed by atoms with Gasteiger partial charge in [-0.3, -0.25) is 45.3 Å². The highest BCUT2D eigenvalue weighted by Crippen LogP contribution is 2.39. The van der Waals surface area contributed by atoms with Crippen LogP contribution in [0.3, 0.4) is 0 Å². The van der Waals surface area contributed by atoms with Crippen molar-refractivity contribution in [2.24, 2.45) is 0 Å². The lowest BCUT2D eigenvalue weighted by molar-refractivity contribution is -0.399. The van der Waals surface area contributed by atoms with E-state index in [1.807, 2.05) is 0 Å². The molecule has 18 heteroatoms. The first-order valence-corrected chi connectivity index (χ1v) is 12.2. The van der Waals surface area contributed by atoms with Gasteiger partial charge < -0.3 is 20.1 Å². The summed E-state index contributed by atoms with van der Waals surface area (Å²) in [6.45, 7) is 0.433. The Hall–Kier alpha value is -4.86. The highest BCUT2D eigenvalue weighted by atomic mass is 32.2. The molecule has 0 aliphatic heterocycles. The monoisotopic (exact) mass is 578 g/mol. The summed E-state index contributed by atoms with van der Waals surface area (Å²) in [6, 6.07) is 4.79. The van der Waals surface area contributed by atoms with Crippen LogP contribution in [-0.2, 0) is 14.3 Å². The Morgan fingerprint density at radius 2 is 1.35 bits per heavy atom. The number of carbonyl (C=O) groups is 1. The zero-order valence-corrected chi connectivity index (χ0v) is 21.4. The molecule has 0 saturated carbocycles. The van der Waals surface area contributed by atoms with Crippen molar-refractivity contribution >= 4 is 46.1 Å². The first-order chi connectivity index (χ1) is 19.1. The summed E-state index contributed by atoms with van der Waals surface area (Å²) in [5.74, 6) is 1.02. The fourth-order valence-electron chi connectivity index (χ4n) is 3.17. The molecule has 17 nitrogen and oxygen atoms in total. The second-order valence-electron chi connectivity index (χ2n) is 7.49. The molecule has 0 saturated heterocycles. The first kappa shape index (κ1) is 31.4. The number of nitrogens with one attached hydrogen (secondary N) is 2. The Morgan fingerprint density at radius 1 is 0.850 bits per heavy atom. The standard InChI is InChI=1S/C22H22N6O11S/c1-2-10-38-12-13-39-11-9-23-22(29)15(24-20-16(25(30)31)5-3-6-17(20)26(32)33)14-40-21-18(27(34)35)7-4-8-19(21)28(36)37/h1,3-8,15,24H,9-14H2,(H,23,29)/t15-/m0/s1. The number of amides is 1. The zero-order valence-electron chi connectivity index (χ0n) is 20.5. The van der Waals surface area contributed by atoms with Gasteiger partial charge in [0.2, 0.25) is 5.91 Å². The van der Waals surface area contributed by atoms with Gasteiger partial charge in [0.15, 0.2) is 10.6 Å². The van der Waals surface area contributed by atoms with E-state index in [1.54, 1.807) is 0 Å². The van der Waals surface area contributed by atoms with E-state index in [2.05, 4.69) is 16.6 Å². The van der Waals surface area contributed by atoms with Crippen LogP contribution in [-0.4, -0.2) is 70.4 Å². The van der Waals surface area contributed by atoms with Gasteiger partial charge in [-0.25, -0.2) is 0 Å². The van der Waals surface area contributed by atoms with Gasteiger partial charge in [0.05, 0.1) is 39.5 Å². The van der Waals surface area contributed by atoms with Crippen LogP contribution in [0.15, 0.2) is 41.3 Å². The number of hydrogen-bond acceptors (Lipinski definition) is 13. The Labute approximate surface area is 229 Å². The molecule has 0 radical (unpaired) electrons. The minimum Gasteiger partial charge on any atom is -0.377 e. The minimum absolute atomic E-state index is 0.0201. The molecule has 1 atom stereocenters. The largest absolute Gasteiger partial charge is 0.377 e. The smallest absolute Gasteiger partial charge is 0.299 e. The molecule has 2 N–H and O–H groups in total. The second kappa shape index (κ2) is 15.5. The maximum Gasteiger partial charge on any atom is 0.299 e. The number of nitro benzene ring substituents is 4.